The Morgan fingerprint density at radius 3 is 1.78 bits per heavy atom. The standard InChI is InChI=1S/C40H75NO12S/c1-3-5-7-9-11-13-14-15-16-17-18-19-21-22-24-26-28-33(43)32(41-39(47)34(44)29-27-25-23-20-12-10-8-6-4-2)31-51-40-37(46)38(53-54(48,49)50)36(45)35(30-42)52-40/h19,21,26,28,32-38,40,42-46H,3-18,20,22-25,27,29-31H2,1-2H3,(H,41,47)(H,48,49,50)/b21-19+,28-26+. The summed E-state index contributed by atoms with van der Waals surface area (Å²) >= 11 is 0. The first-order chi connectivity index (χ1) is 25.9. The summed E-state index contributed by atoms with van der Waals surface area (Å²) in [6, 6.07) is -1.13. The number of carbonyl (C=O) groups is 1. The highest BCUT2D eigenvalue weighted by atomic mass is 32.3. The van der Waals surface area contributed by atoms with Gasteiger partial charge in [-0.15, -0.1) is 0 Å². The van der Waals surface area contributed by atoms with Crippen molar-refractivity contribution in [1.82, 2.24) is 5.32 Å². The van der Waals surface area contributed by atoms with Gasteiger partial charge in [0.25, 0.3) is 0 Å². The lowest BCUT2D eigenvalue weighted by Crippen LogP contribution is -2.61. The number of allylic oxidation sites excluding steroid dienone is 3. The predicted molar refractivity (Wildman–Crippen MR) is 210 cm³/mol. The Labute approximate surface area is 325 Å². The molecule has 8 unspecified atom stereocenters. The molecule has 0 aromatic carbocycles. The summed E-state index contributed by atoms with van der Waals surface area (Å²) in [7, 11) is -5.11. The van der Waals surface area contributed by atoms with E-state index < -0.39 is 78.5 Å². The van der Waals surface area contributed by atoms with Crippen LogP contribution >= 0.6 is 0 Å². The van der Waals surface area contributed by atoms with Crippen LogP contribution in [0.25, 0.3) is 0 Å². The first kappa shape index (κ1) is 50.6. The number of nitrogens with one attached hydrogen (secondary N) is 1. The molecule has 1 saturated heterocycles. The van der Waals surface area contributed by atoms with Gasteiger partial charge in [-0.3, -0.25) is 9.35 Å². The topological polar surface area (TPSA) is 212 Å². The molecule has 14 heteroatoms. The molecule has 0 aliphatic carbocycles. The molecule has 0 radical (unpaired) electrons. The fourth-order valence-corrected chi connectivity index (χ4v) is 6.98. The Bertz CT molecular complexity index is 1090. The van der Waals surface area contributed by atoms with Crippen molar-refractivity contribution in [3.63, 3.8) is 0 Å². The predicted octanol–water partition coefficient (Wildman–Crippen LogP) is 5.96. The number of ether oxygens (including phenoxy) is 2. The summed E-state index contributed by atoms with van der Waals surface area (Å²) in [4.78, 5) is 13.0. The molecular formula is C40H75NO12S. The molecule has 8 atom stereocenters. The molecule has 0 saturated carbocycles. The second kappa shape index (κ2) is 31.6. The van der Waals surface area contributed by atoms with Crippen LogP contribution in [0.5, 0.6) is 0 Å². The van der Waals surface area contributed by atoms with Crippen LogP contribution in [0.1, 0.15) is 162 Å². The number of unbranched alkanes of at least 4 members (excludes halogenated alkanes) is 19. The minimum atomic E-state index is -5.11. The molecule has 13 nitrogen and oxygen atoms in total. The van der Waals surface area contributed by atoms with Gasteiger partial charge in [0, 0.05) is 0 Å². The molecule has 0 aromatic rings. The first-order valence-electron chi connectivity index (χ1n) is 20.8. The number of hydrogen-bond donors (Lipinski definition) is 7. The second-order valence-electron chi connectivity index (χ2n) is 14.7. The maximum atomic E-state index is 13.0. The first-order valence-corrected chi connectivity index (χ1v) is 22.2. The van der Waals surface area contributed by atoms with E-state index in [0.717, 1.165) is 38.5 Å². The van der Waals surface area contributed by atoms with Crippen LogP contribution in [-0.4, -0.2) is 107 Å². The van der Waals surface area contributed by atoms with Crippen LogP contribution in [-0.2, 0) is 28.9 Å². The Morgan fingerprint density at radius 2 is 1.24 bits per heavy atom. The number of hydrogen-bond acceptors (Lipinski definition) is 11. The minimum Gasteiger partial charge on any atom is -0.394 e. The van der Waals surface area contributed by atoms with E-state index in [1.54, 1.807) is 6.08 Å². The summed E-state index contributed by atoms with van der Waals surface area (Å²) in [6.07, 6.45) is 21.4. The largest absolute Gasteiger partial charge is 0.397 e. The molecule has 0 aromatic heterocycles. The summed E-state index contributed by atoms with van der Waals surface area (Å²) in [5.74, 6) is -0.716. The van der Waals surface area contributed by atoms with Crippen LogP contribution in [0, 0.1) is 0 Å². The molecule has 318 valence electrons. The minimum absolute atomic E-state index is 0.238. The van der Waals surface area contributed by atoms with E-state index in [2.05, 4.69) is 35.5 Å². The van der Waals surface area contributed by atoms with Gasteiger partial charge in [0.15, 0.2) is 6.29 Å². The number of aliphatic hydroxyl groups excluding tert-OH is 5. The molecular weight excluding hydrogens is 719 g/mol. The average Bonchev–Trinajstić information content (AvgIpc) is 3.14. The third-order valence-corrected chi connectivity index (χ3v) is 10.3. The van der Waals surface area contributed by atoms with E-state index >= 15 is 0 Å². The van der Waals surface area contributed by atoms with Crippen molar-refractivity contribution in [1.29, 1.82) is 0 Å². The molecule has 1 aliphatic heterocycles. The van der Waals surface area contributed by atoms with E-state index in [4.69, 9.17) is 14.0 Å². The van der Waals surface area contributed by atoms with Crippen molar-refractivity contribution in [3.8, 4) is 0 Å². The van der Waals surface area contributed by atoms with Gasteiger partial charge < -0.3 is 40.3 Å². The van der Waals surface area contributed by atoms with Crippen LogP contribution < -0.4 is 5.32 Å². The van der Waals surface area contributed by atoms with Gasteiger partial charge in [-0.05, 0) is 32.1 Å². The van der Waals surface area contributed by atoms with E-state index in [9.17, 15) is 38.7 Å². The maximum Gasteiger partial charge on any atom is 0.397 e. The Balaban J connectivity index is 2.69. The number of carbonyl (C=O) groups excluding carboxylic acids is 1. The van der Waals surface area contributed by atoms with Crippen molar-refractivity contribution in [2.75, 3.05) is 13.2 Å². The SMILES string of the molecule is CCCCCCCCCCCC/C=C/CC/C=C/C(O)C(COC1OC(CO)C(O)C(OS(=O)(=O)O)C1O)NC(=O)C(O)CCCCCCCCCCC. The molecule has 0 bridgehead atoms. The number of aliphatic hydroxyl groups is 5. The van der Waals surface area contributed by atoms with Crippen LogP contribution in [0.4, 0.5) is 0 Å². The van der Waals surface area contributed by atoms with E-state index in [1.807, 2.05) is 0 Å². The summed E-state index contributed by atoms with van der Waals surface area (Å²) in [6.45, 7) is 3.14. The Morgan fingerprint density at radius 1 is 0.741 bits per heavy atom. The fraction of sp³-hybridized carbons (Fsp3) is 0.875. The average molecular weight is 794 g/mol. The third kappa shape index (κ3) is 24.2. The molecule has 1 rings (SSSR count). The van der Waals surface area contributed by atoms with Gasteiger partial charge in [-0.25, -0.2) is 4.18 Å². The normalized spacial score (nSPS) is 22.6. The molecule has 1 amide bonds. The number of amides is 1. The van der Waals surface area contributed by atoms with Crippen molar-refractivity contribution < 1.29 is 57.0 Å². The highest BCUT2D eigenvalue weighted by Crippen LogP contribution is 2.26. The van der Waals surface area contributed by atoms with Crippen LogP contribution in [0.15, 0.2) is 24.3 Å². The van der Waals surface area contributed by atoms with Gasteiger partial charge in [0.1, 0.15) is 30.5 Å². The van der Waals surface area contributed by atoms with Crippen molar-refractivity contribution in [2.45, 2.75) is 210 Å². The lowest BCUT2D eigenvalue weighted by molar-refractivity contribution is -0.298. The maximum absolute atomic E-state index is 13.0. The Hall–Kier alpha value is -1.46. The fourth-order valence-electron chi connectivity index (χ4n) is 6.47. The molecule has 0 spiro atoms. The van der Waals surface area contributed by atoms with Crippen molar-refractivity contribution >= 4 is 16.3 Å². The molecule has 7 N–H and O–H groups in total. The van der Waals surface area contributed by atoms with Gasteiger partial charge >= 0.3 is 10.4 Å². The third-order valence-electron chi connectivity index (χ3n) is 9.84. The molecule has 54 heavy (non-hydrogen) atoms. The smallest absolute Gasteiger partial charge is 0.394 e. The molecule has 1 heterocycles. The lowest BCUT2D eigenvalue weighted by Gasteiger charge is -2.41. The van der Waals surface area contributed by atoms with E-state index in [1.165, 1.54) is 96.0 Å². The van der Waals surface area contributed by atoms with Gasteiger partial charge in [0.2, 0.25) is 5.91 Å². The highest BCUT2D eigenvalue weighted by Gasteiger charge is 2.48. The lowest BCUT2D eigenvalue weighted by atomic mass is 9.99. The van der Waals surface area contributed by atoms with Crippen LogP contribution in [0.3, 0.4) is 0 Å². The monoisotopic (exact) mass is 794 g/mol. The van der Waals surface area contributed by atoms with Crippen molar-refractivity contribution in [2.24, 2.45) is 0 Å². The zero-order valence-corrected chi connectivity index (χ0v) is 34.0. The van der Waals surface area contributed by atoms with Gasteiger partial charge in [-0.2, -0.15) is 8.42 Å². The van der Waals surface area contributed by atoms with E-state index in [-0.39, 0.29) is 6.42 Å². The van der Waals surface area contributed by atoms with E-state index in [0.29, 0.717) is 12.8 Å². The van der Waals surface area contributed by atoms with Crippen molar-refractivity contribution in [3.05, 3.63) is 24.3 Å². The Kier molecular flexibility index (Phi) is 29.6. The molecule has 1 fully saturated rings. The number of rotatable bonds is 34. The van der Waals surface area contributed by atoms with Gasteiger partial charge in [-0.1, -0.05) is 154 Å². The van der Waals surface area contributed by atoms with Gasteiger partial charge in [0.05, 0.1) is 25.4 Å². The second-order valence-corrected chi connectivity index (χ2v) is 15.8. The molecule has 1 aliphatic rings. The zero-order chi connectivity index (χ0) is 40.0. The quantitative estimate of drug-likeness (QED) is 0.0229. The van der Waals surface area contributed by atoms with Crippen LogP contribution in [0.2, 0.25) is 0 Å². The summed E-state index contributed by atoms with van der Waals surface area (Å²) in [5.41, 5.74) is 0. The summed E-state index contributed by atoms with van der Waals surface area (Å²) in [5, 5.41) is 54.9. The summed E-state index contributed by atoms with van der Waals surface area (Å²) < 4.78 is 47.3. The zero-order valence-electron chi connectivity index (χ0n) is 33.1. The highest BCUT2D eigenvalue weighted by molar-refractivity contribution is 7.80.